The standard InChI is InChI=1S/C15H13ClN2OS/c16-10-7-5-9(6-8-10)14(19)13-15(20)18-12-4-2-1-3-11(12)17-13/h5-8H,1-4H2,(H,18,20). The van der Waals surface area contributed by atoms with Crippen LogP contribution in [0.2, 0.25) is 5.02 Å². The van der Waals surface area contributed by atoms with Gasteiger partial charge in [-0.25, -0.2) is 4.98 Å². The minimum atomic E-state index is -0.156. The van der Waals surface area contributed by atoms with Gasteiger partial charge in [0.15, 0.2) is 0 Å². The first kappa shape index (κ1) is 13.5. The molecule has 0 bridgehead atoms. The largest absolute Gasteiger partial charge is 0.347 e. The number of ketones is 1. The number of hydrogen-bond acceptors (Lipinski definition) is 3. The lowest BCUT2D eigenvalue weighted by Crippen LogP contribution is -2.14. The summed E-state index contributed by atoms with van der Waals surface area (Å²) in [6.45, 7) is 0. The van der Waals surface area contributed by atoms with Crippen LogP contribution in [0.15, 0.2) is 24.3 Å². The molecule has 1 aromatic carbocycles. The van der Waals surface area contributed by atoms with E-state index in [0.717, 1.165) is 37.1 Å². The molecule has 5 heteroatoms. The smallest absolute Gasteiger partial charge is 0.214 e. The molecule has 3 nitrogen and oxygen atoms in total. The number of carbonyl (C=O) groups is 1. The quantitative estimate of drug-likeness (QED) is 0.676. The van der Waals surface area contributed by atoms with Gasteiger partial charge in [0.1, 0.15) is 10.3 Å². The topological polar surface area (TPSA) is 45.8 Å². The zero-order valence-corrected chi connectivity index (χ0v) is 12.4. The molecule has 1 aromatic heterocycles. The number of hydrogen-bond donors (Lipinski definition) is 1. The Bertz CT molecular complexity index is 722. The minimum Gasteiger partial charge on any atom is -0.347 e. The van der Waals surface area contributed by atoms with Gasteiger partial charge in [-0.3, -0.25) is 4.79 Å². The van der Waals surface area contributed by atoms with Crippen molar-refractivity contribution in [3.05, 3.63) is 56.6 Å². The molecule has 3 rings (SSSR count). The van der Waals surface area contributed by atoms with Crippen LogP contribution in [-0.2, 0) is 12.8 Å². The zero-order chi connectivity index (χ0) is 14.1. The Balaban J connectivity index is 2.03. The number of halogens is 1. The Morgan fingerprint density at radius 2 is 1.90 bits per heavy atom. The van der Waals surface area contributed by atoms with E-state index in [0.29, 0.717) is 20.9 Å². The van der Waals surface area contributed by atoms with E-state index in [1.807, 2.05) is 0 Å². The van der Waals surface area contributed by atoms with E-state index >= 15 is 0 Å². The van der Waals surface area contributed by atoms with Crippen LogP contribution >= 0.6 is 23.8 Å². The Morgan fingerprint density at radius 3 is 2.65 bits per heavy atom. The van der Waals surface area contributed by atoms with Crippen LogP contribution in [-0.4, -0.2) is 15.8 Å². The van der Waals surface area contributed by atoms with Crippen molar-refractivity contribution in [3.63, 3.8) is 0 Å². The van der Waals surface area contributed by atoms with Gasteiger partial charge in [-0.1, -0.05) is 23.8 Å². The van der Waals surface area contributed by atoms with Crippen LogP contribution in [0.1, 0.15) is 40.3 Å². The molecule has 0 saturated carbocycles. The molecule has 1 aliphatic carbocycles. The Hall–Kier alpha value is -1.52. The number of rotatable bonds is 2. The molecular weight excluding hydrogens is 292 g/mol. The van der Waals surface area contributed by atoms with Gasteiger partial charge in [-0.2, -0.15) is 0 Å². The highest BCUT2D eigenvalue weighted by Gasteiger charge is 2.18. The third kappa shape index (κ3) is 2.53. The fourth-order valence-electron chi connectivity index (χ4n) is 2.42. The Labute approximate surface area is 127 Å². The number of H-pyrrole nitrogens is 1. The number of aromatic nitrogens is 2. The predicted molar refractivity (Wildman–Crippen MR) is 80.9 cm³/mol. The molecule has 0 aliphatic heterocycles. The maximum absolute atomic E-state index is 12.5. The number of fused-ring (bicyclic) bond motifs is 1. The molecule has 1 N–H and O–H groups in total. The van der Waals surface area contributed by atoms with Gasteiger partial charge in [-0.15, -0.1) is 0 Å². The summed E-state index contributed by atoms with van der Waals surface area (Å²) in [6.07, 6.45) is 4.12. The summed E-state index contributed by atoms with van der Waals surface area (Å²) in [5.41, 5.74) is 2.94. The van der Waals surface area contributed by atoms with E-state index in [2.05, 4.69) is 9.97 Å². The van der Waals surface area contributed by atoms with Crippen LogP contribution < -0.4 is 0 Å². The summed E-state index contributed by atoms with van der Waals surface area (Å²) in [7, 11) is 0. The van der Waals surface area contributed by atoms with Gasteiger partial charge in [-0.05, 0) is 49.9 Å². The predicted octanol–water partition coefficient (Wildman–Crippen LogP) is 3.90. The van der Waals surface area contributed by atoms with E-state index in [9.17, 15) is 4.79 Å². The number of nitrogens with zero attached hydrogens (tertiary/aromatic N) is 1. The van der Waals surface area contributed by atoms with Crippen molar-refractivity contribution in [2.75, 3.05) is 0 Å². The highest BCUT2D eigenvalue weighted by Crippen LogP contribution is 2.20. The lowest BCUT2D eigenvalue weighted by Gasteiger charge is -2.15. The molecule has 0 atom stereocenters. The fourth-order valence-corrected chi connectivity index (χ4v) is 2.81. The summed E-state index contributed by atoms with van der Waals surface area (Å²) >= 11 is 11.1. The molecule has 0 saturated heterocycles. The van der Waals surface area contributed by atoms with Crippen LogP contribution in [0.4, 0.5) is 0 Å². The van der Waals surface area contributed by atoms with E-state index in [4.69, 9.17) is 23.8 Å². The third-order valence-corrected chi connectivity index (χ3v) is 4.03. The van der Waals surface area contributed by atoms with Crippen molar-refractivity contribution in [2.24, 2.45) is 0 Å². The van der Waals surface area contributed by atoms with Crippen molar-refractivity contribution in [1.29, 1.82) is 0 Å². The first-order valence-electron chi connectivity index (χ1n) is 6.57. The van der Waals surface area contributed by atoms with E-state index in [1.165, 1.54) is 0 Å². The second-order valence-corrected chi connectivity index (χ2v) is 5.73. The molecule has 1 heterocycles. The highest BCUT2D eigenvalue weighted by molar-refractivity contribution is 7.71. The number of benzene rings is 1. The lowest BCUT2D eigenvalue weighted by atomic mass is 10.00. The summed E-state index contributed by atoms with van der Waals surface area (Å²) in [6, 6.07) is 6.78. The number of aromatic amines is 1. The van der Waals surface area contributed by atoms with Crippen LogP contribution in [0, 0.1) is 4.64 Å². The van der Waals surface area contributed by atoms with E-state index < -0.39 is 0 Å². The van der Waals surface area contributed by atoms with Crippen molar-refractivity contribution >= 4 is 29.6 Å². The number of nitrogens with one attached hydrogen (secondary N) is 1. The molecule has 0 spiro atoms. The molecule has 102 valence electrons. The first-order chi connectivity index (χ1) is 9.65. The molecule has 20 heavy (non-hydrogen) atoms. The van der Waals surface area contributed by atoms with Crippen molar-refractivity contribution in [1.82, 2.24) is 9.97 Å². The molecule has 0 unspecified atom stereocenters. The summed E-state index contributed by atoms with van der Waals surface area (Å²) in [5, 5.41) is 0.602. The molecule has 2 aromatic rings. The Morgan fingerprint density at radius 1 is 1.20 bits per heavy atom. The molecule has 0 amide bonds. The summed E-state index contributed by atoms with van der Waals surface area (Å²) in [4.78, 5) is 20.1. The maximum Gasteiger partial charge on any atom is 0.214 e. The fraction of sp³-hybridized carbons (Fsp3) is 0.267. The molecule has 0 radical (unpaired) electrons. The minimum absolute atomic E-state index is 0.156. The Kier molecular flexibility index (Phi) is 3.68. The van der Waals surface area contributed by atoms with Crippen LogP contribution in [0.5, 0.6) is 0 Å². The molecular formula is C15H13ClN2OS. The number of carbonyl (C=O) groups excluding carboxylic acids is 1. The van der Waals surface area contributed by atoms with Gasteiger partial charge in [0, 0.05) is 16.3 Å². The zero-order valence-electron chi connectivity index (χ0n) is 10.8. The average Bonchev–Trinajstić information content (AvgIpc) is 2.46. The first-order valence-corrected chi connectivity index (χ1v) is 7.36. The molecule has 0 fully saturated rings. The third-order valence-electron chi connectivity index (χ3n) is 3.49. The van der Waals surface area contributed by atoms with Crippen LogP contribution in [0.3, 0.4) is 0 Å². The summed E-state index contributed by atoms with van der Waals surface area (Å²) < 4.78 is 0.422. The second kappa shape index (κ2) is 5.46. The van der Waals surface area contributed by atoms with Gasteiger partial charge < -0.3 is 4.98 Å². The normalized spacial score (nSPS) is 13.8. The average molecular weight is 305 g/mol. The second-order valence-electron chi connectivity index (χ2n) is 4.88. The summed E-state index contributed by atoms with van der Waals surface area (Å²) in [5.74, 6) is -0.156. The van der Waals surface area contributed by atoms with Gasteiger partial charge in [0.25, 0.3) is 0 Å². The van der Waals surface area contributed by atoms with Crippen molar-refractivity contribution in [2.45, 2.75) is 25.7 Å². The monoisotopic (exact) mass is 304 g/mol. The van der Waals surface area contributed by atoms with Gasteiger partial charge in [0.05, 0.1) is 5.69 Å². The van der Waals surface area contributed by atoms with E-state index in [-0.39, 0.29) is 5.78 Å². The van der Waals surface area contributed by atoms with Gasteiger partial charge in [0.2, 0.25) is 5.78 Å². The SMILES string of the molecule is O=C(c1ccc(Cl)cc1)c1nc2c([nH]c1=S)CCCC2. The van der Waals surface area contributed by atoms with E-state index in [1.54, 1.807) is 24.3 Å². The van der Waals surface area contributed by atoms with Gasteiger partial charge >= 0.3 is 0 Å². The van der Waals surface area contributed by atoms with Crippen molar-refractivity contribution in [3.8, 4) is 0 Å². The lowest BCUT2D eigenvalue weighted by molar-refractivity contribution is 0.103. The van der Waals surface area contributed by atoms with Crippen molar-refractivity contribution < 1.29 is 4.79 Å². The molecule has 1 aliphatic rings. The maximum atomic E-state index is 12.5. The van der Waals surface area contributed by atoms with Crippen LogP contribution in [0.25, 0.3) is 0 Å². The highest BCUT2D eigenvalue weighted by atomic mass is 35.5. The number of aryl methyl sites for hydroxylation is 2.